The Balaban J connectivity index is 1.97. The van der Waals surface area contributed by atoms with E-state index in [9.17, 15) is 0 Å². The van der Waals surface area contributed by atoms with E-state index in [1.807, 2.05) is 6.07 Å². The molecule has 0 amide bonds. The first-order chi connectivity index (χ1) is 7.66. The van der Waals surface area contributed by atoms with Crippen LogP contribution in [0.3, 0.4) is 0 Å². The van der Waals surface area contributed by atoms with E-state index in [0.717, 1.165) is 18.2 Å². The maximum absolute atomic E-state index is 5.84. The summed E-state index contributed by atoms with van der Waals surface area (Å²) in [6.07, 6.45) is 3.78. The minimum atomic E-state index is 0.808. The van der Waals surface area contributed by atoms with Gasteiger partial charge in [-0.3, -0.25) is 0 Å². The van der Waals surface area contributed by atoms with Gasteiger partial charge in [0.25, 0.3) is 0 Å². The molecule has 0 spiro atoms. The summed E-state index contributed by atoms with van der Waals surface area (Å²) >= 11 is 0. The van der Waals surface area contributed by atoms with Crippen LogP contribution in [0.5, 0.6) is 0 Å². The molecule has 1 heterocycles. The van der Waals surface area contributed by atoms with Crippen LogP contribution in [0.1, 0.15) is 32.3 Å². The molecular formula is C14H22N2. The minimum Gasteiger partial charge on any atom is -0.399 e. The van der Waals surface area contributed by atoms with Gasteiger partial charge in [-0.1, -0.05) is 19.9 Å². The van der Waals surface area contributed by atoms with Crippen molar-refractivity contribution in [2.24, 2.45) is 5.92 Å². The number of fused-ring (bicyclic) bond motifs is 1. The standard InChI is InChI=1S/C14H22N2/c1-11(2)4-3-8-16-9-7-12-5-6-13(15)10-14(12)16/h5-6,10-11H,3-4,7-9,15H2,1-2H3. The molecule has 0 saturated carbocycles. The second kappa shape index (κ2) is 4.77. The molecule has 2 N–H and O–H groups in total. The lowest BCUT2D eigenvalue weighted by Gasteiger charge is -2.20. The predicted octanol–water partition coefficient (Wildman–Crippen LogP) is 3.07. The number of rotatable bonds is 4. The molecule has 0 atom stereocenters. The highest BCUT2D eigenvalue weighted by atomic mass is 15.1. The van der Waals surface area contributed by atoms with E-state index in [1.54, 1.807) is 0 Å². The summed E-state index contributed by atoms with van der Waals surface area (Å²) in [6, 6.07) is 6.31. The lowest BCUT2D eigenvalue weighted by molar-refractivity contribution is 0.552. The van der Waals surface area contributed by atoms with Gasteiger partial charge in [0, 0.05) is 24.5 Å². The Bertz CT molecular complexity index is 358. The highest BCUT2D eigenvalue weighted by Gasteiger charge is 2.18. The van der Waals surface area contributed by atoms with Crippen molar-refractivity contribution < 1.29 is 0 Å². The molecule has 0 unspecified atom stereocenters. The van der Waals surface area contributed by atoms with Crippen molar-refractivity contribution in [3.05, 3.63) is 23.8 Å². The predicted molar refractivity (Wildman–Crippen MR) is 70.8 cm³/mol. The first-order valence-electron chi connectivity index (χ1n) is 6.30. The maximum atomic E-state index is 5.84. The van der Waals surface area contributed by atoms with Crippen LogP contribution in [0, 0.1) is 5.92 Å². The summed E-state index contributed by atoms with van der Waals surface area (Å²) in [5.74, 6) is 0.808. The smallest absolute Gasteiger partial charge is 0.0420 e. The highest BCUT2D eigenvalue weighted by molar-refractivity contribution is 5.64. The fraction of sp³-hybridized carbons (Fsp3) is 0.571. The van der Waals surface area contributed by atoms with Crippen LogP contribution in [0.2, 0.25) is 0 Å². The van der Waals surface area contributed by atoms with Crippen LogP contribution in [-0.4, -0.2) is 13.1 Å². The van der Waals surface area contributed by atoms with Crippen LogP contribution >= 0.6 is 0 Å². The zero-order chi connectivity index (χ0) is 11.5. The van der Waals surface area contributed by atoms with E-state index in [2.05, 4.69) is 30.9 Å². The van der Waals surface area contributed by atoms with E-state index >= 15 is 0 Å². The van der Waals surface area contributed by atoms with Crippen LogP contribution in [0.25, 0.3) is 0 Å². The first-order valence-corrected chi connectivity index (χ1v) is 6.30. The van der Waals surface area contributed by atoms with E-state index in [4.69, 9.17) is 5.73 Å². The number of hydrogen-bond acceptors (Lipinski definition) is 2. The number of hydrogen-bond donors (Lipinski definition) is 1. The molecule has 2 nitrogen and oxygen atoms in total. The van der Waals surface area contributed by atoms with Gasteiger partial charge in [-0.25, -0.2) is 0 Å². The molecule has 1 aromatic carbocycles. The Hall–Kier alpha value is -1.18. The summed E-state index contributed by atoms with van der Waals surface area (Å²) in [5, 5.41) is 0. The van der Waals surface area contributed by atoms with Gasteiger partial charge >= 0.3 is 0 Å². The molecule has 0 aliphatic carbocycles. The zero-order valence-electron chi connectivity index (χ0n) is 10.4. The average molecular weight is 218 g/mol. The third-order valence-electron chi connectivity index (χ3n) is 3.31. The van der Waals surface area contributed by atoms with Crippen LogP contribution < -0.4 is 10.6 Å². The number of nitrogens with zero attached hydrogens (tertiary/aromatic N) is 1. The maximum Gasteiger partial charge on any atom is 0.0420 e. The quantitative estimate of drug-likeness (QED) is 0.787. The zero-order valence-corrected chi connectivity index (χ0v) is 10.4. The second-order valence-electron chi connectivity index (χ2n) is 5.16. The molecule has 0 radical (unpaired) electrons. The largest absolute Gasteiger partial charge is 0.399 e. The Morgan fingerprint density at radius 2 is 2.19 bits per heavy atom. The number of nitrogens with two attached hydrogens (primary N) is 1. The minimum absolute atomic E-state index is 0.808. The Morgan fingerprint density at radius 3 is 2.94 bits per heavy atom. The Labute approximate surface area is 98.4 Å². The first kappa shape index (κ1) is 11.3. The van der Waals surface area contributed by atoms with E-state index < -0.39 is 0 Å². The number of benzene rings is 1. The second-order valence-corrected chi connectivity index (χ2v) is 5.16. The lowest BCUT2D eigenvalue weighted by atomic mass is 10.1. The third kappa shape index (κ3) is 2.49. The summed E-state index contributed by atoms with van der Waals surface area (Å²) in [5.41, 5.74) is 9.55. The van der Waals surface area contributed by atoms with Gasteiger partial charge in [-0.2, -0.15) is 0 Å². The van der Waals surface area contributed by atoms with Gasteiger partial charge in [-0.05, 0) is 42.9 Å². The van der Waals surface area contributed by atoms with Crippen LogP contribution in [0.4, 0.5) is 11.4 Å². The van der Waals surface area contributed by atoms with Crippen LogP contribution in [0.15, 0.2) is 18.2 Å². The third-order valence-corrected chi connectivity index (χ3v) is 3.31. The molecule has 1 aromatic rings. The van der Waals surface area contributed by atoms with Gasteiger partial charge in [0.1, 0.15) is 0 Å². The normalized spacial score (nSPS) is 14.6. The Morgan fingerprint density at radius 1 is 1.38 bits per heavy atom. The molecule has 16 heavy (non-hydrogen) atoms. The van der Waals surface area contributed by atoms with Crippen molar-refractivity contribution in [3.8, 4) is 0 Å². The molecule has 0 aromatic heterocycles. The fourth-order valence-corrected chi connectivity index (χ4v) is 2.39. The van der Waals surface area contributed by atoms with Crippen molar-refractivity contribution in [1.29, 1.82) is 0 Å². The SMILES string of the molecule is CC(C)CCCN1CCc2ccc(N)cc21. The van der Waals surface area contributed by atoms with E-state index in [1.165, 1.54) is 37.1 Å². The van der Waals surface area contributed by atoms with E-state index in [0.29, 0.717) is 0 Å². The van der Waals surface area contributed by atoms with Crippen LogP contribution in [-0.2, 0) is 6.42 Å². The molecule has 0 bridgehead atoms. The van der Waals surface area contributed by atoms with Crippen molar-refractivity contribution >= 4 is 11.4 Å². The summed E-state index contributed by atoms with van der Waals surface area (Å²) in [6.45, 7) is 6.91. The fourth-order valence-electron chi connectivity index (χ4n) is 2.39. The Kier molecular flexibility index (Phi) is 3.37. The van der Waals surface area contributed by atoms with Crippen molar-refractivity contribution in [3.63, 3.8) is 0 Å². The van der Waals surface area contributed by atoms with Crippen molar-refractivity contribution in [1.82, 2.24) is 0 Å². The molecule has 0 fully saturated rings. The monoisotopic (exact) mass is 218 g/mol. The average Bonchev–Trinajstić information content (AvgIpc) is 2.60. The van der Waals surface area contributed by atoms with Crippen molar-refractivity contribution in [2.45, 2.75) is 33.1 Å². The van der Waals surface area contributed by atoms with Gasteiger partial charge < -0.3 is 10.6 Å². The van der Waals surface area contributed by atoms with Gasteiger partial charge in [0.2, 0.25) is 0 Å². The van der Waals surface area contributed by atoms with Gasteiger partial charge in [-0.15, -0.1) is 0 Å². The number of nitrogen functional groups attached to an aromatic ring is 1. The summed E-state index contributed by atoms with van der Waals surface area (Å²) in [7, 11) is 0. The molecule has 1 aliphatic rings. The van der Waals surface area contributed by atoms with Crippen molar-refractivity contribution in [2.75, 3.05) is 23.7 Å². The molecule has 88 valence electrons. The van der Waals surface area contributed by atoms with Gasteiger partial charge in [0.05, 0.1) is 0 Å². The molecular weight excluding hydrogens is 196 g/mol. The number of anilines is 2. The lowest BCUT2D eigenvalue weighted by Crippen LogP contribution is -2.22. The molecule has 0 saturated heterocycles. The summed E-state index contributed by atoms with van der Waals surface area (Å²) in [4.78, 5) is 2.48. The molecule has 2 rings (SSSR count). The summed E-state index contributed by atoms with van der Waals surface area (Å²) < 4.78 is 0. The van der Waals surface area contributed by atoms with Gasteiger partial charge in [0.15, 0.2) is 0 Å². The molecule has 2 heteroatoms. The highest BCUT2D eigenvalue weighted by Crippen LogP contribution is 2.30. The topological polar surface area (TPSA) is 29.3 Å². The van der Waals surface area contributed by atoms with E-state index in [-0.39, 0.29) is 0 Å². The molecule has 1 aliphatic heterocycles.